The maximum Gasteiger partial charge on any atom is 0.219 e. The SMILES string of the molecule is CC1=C(O)[C@@](C)(CC(C)CCO)SC1=O. The lowest BCUT2D eigenvalue weighted by atomic mass is 9.91. The second kappa shape index (κ2) is 4.58. The molecule has 0 saturated heterocycles. The molecule has 0 radical (unpaired) electrons. The molecule has 1 rings (SSSR count). The Labute approximate surface area is 94.6 Å². The molecule has 0 bridgehead atoms. The first-order chi connectivity index (χ1) is 6.90. The van der Waals surface area contributed by atoms with Gasteiger partial charge >= 0.3 is 0 Å². The van der Waals surface area contributed by atoms with E-state index in [0.717, 1.165) is 0 Å². The van der Waals surface area contributed by atoms with Crippen molar-refractivity contribution in [1.82, 2.24) is 0 Å². The number of rotatable bonds is 4. The van der Waals surface area contributed by atoms with E-state index in [1.807, 2.05) is 13.8 Å². The van der Waals surface area contributed by atoms with Gasteiger partial charge in [0.05, 0.1) is 4.75 Å². The van der Waals surface area contributed by atoms with Gasteiger partial charge in [-0.05, 0) is 32.6 Å². The Bertz CT molecular complexity index is 298. The standard InChI is InChI=1S/C11H18O3S/c1-7(4-5-12)6-11(3)9(13)8(2)10(14)15-11/h7,12-13H,4-6H2,1-3H3/t7?,11-/m1/s1. The minimum atomic E-state index is -0.490. The van der Waals surface area contributed by atoms with Crippen LogP contribution in [0.3, 0.4) is 0 Å². The molecule has 2 atom stereocenters. The Balaban J connectivity index is 2.73. The van der Waals surface area contributed by atoms with Gasteiger partial charge in [-0.2, -0.15) is 0 Å². The van der Waals surface area contributed by atoms with E-state index in [1.165, 1.54) is 11.8 Å². The van der Waals surface area contributed by atoms with Crippen LogP contribution in [-0.4, -0.2) is 26.7 Å². The zero-order chi connectivity index (χ0) is 11.6. The highest BCUT2D eigenvalue weighted by molar-refractivity contribution is 8.15. The van der Waals surface area contributed by atoms with Crippen LogP contribution < -0.4 is 0 Å². The second-order valence-electron chi connectivity index (χ2n) is 4.42. The van der Waals surface area contributed by atoms with Gasteiger partial charge in [-0.15, -0.1) is 0 Å². The first-order valence-electron chi connectivity index (χ1n) is 5.15. The second-order valence-corrected chi connectivity index (χ2v) is 5.89. The molecule has 0 fully saturated rings. The topological polar surface area (TPSA) is 57.5 Å². The predicted molar refractivity (Wildman–Crippen MR) is 61.8 cm³/mol. The number of aliphatic hydroxyl groups excluding tert-OH is 2. The monoisotopic (exact) mass is 230 g/mol. The molecule has 0 aromatic rings. The Morgan fingerprint density at radius 3 is 2.53 bits per heavy atom. The number of hydrogen-bond donors (Lipinski definition) is 2. The molecule has 0 saturated carbocycles. The molecule has 3 nitrogen and oxygen atoms in total. The van der Waals surface area contributed by atoms with Crippen molar-refractivity contribution in [1.29, 1.82) is 0 Å². The van der Waals surface area contributed by atoms with Crippen molar-refractivity contribution in [3.63, 3.8) is 0 Å². The maximum absolute atomic E-state index is 11.4. The summed E-state index contributed by atoms with van der Waals surface area (Å²) in [4.78, 5) is 11.4. The van der Waals surface area contributed by atoms with Crippen LogP contribution in [0.15, 0.2) is 11.3 Å². The fourth-order valence-corrected chi connectivity index (χ4v) is 3.23. The summed E-state index contributed by atoms with van der Waals surface area (Å²) < 4.78 is -0.490. The number of hydrogen-bond acceptors (Lipinski definition) is 4. The molecule has 1 unspecified atom stereocenters. The van der Waals surface area contributed by atoms with Gasteiger partial charge in [-0.3, -0.25) is 4.79 Å². The van der Waals surface area contributed by atoms with E-state index in [0.29, 0.717) is 24.3 Å². The van der Waals surface area contributed by atoms with Crippen molar-refractivity contribution < 1.29 is 15.0 Å². The van der Waals surface area contributed by atoms with Crippen molar-refractivity contribution in [2.45, 2.75) is 38.4 Å². The average Bonchev–Trinajstić information content (AvgIpc) is 2.31. The third kappa shape index (κ3) is 2.55. The van der Waals surface area contributed by atoms with E-state index < -0.39 is 4.75 Å². The van der Waals surface area contributed by atoms with Gasteiger partial charge in [-0.25, -0.2) is 0 Å². The average molecular weight is 230 g/mol. The normalized spacial score (nSPS) is 28.7. The Morgan fingerprint density at radius 2 is 2.13 bits per heavy atom. The highest BCUT2D eigenvalue weighted by Crippen LogP contribution is 2.46. The lowest BCUT2D eigenvalue weighted by molar-refractivity contribution is -0.107. The summed E-state index contributed by atoms with van der Waals surface area (Å²) in [7, 11) is 0. The predicted octanol–water partition coefficient (Wildman–Crippen LogP) is 2.26. The van der Waals surface area contributed by atoms with Crippen LogP contribution in [0, 0.1) is 5.92 Å². The van der Waals surface area contributed by atoms with E-state index in [9.17, 15) is 9.90 Å². The Hall–Kier alpha value is -0.480. The molecule has 86 valence electrons. The van der Waals surface area contributed by atoms with E-state index in [1.54, 1.807) is 6.92 Å². The molecule has 2 N–H and O–H groups in total. The molecule has 0 amide bonds. The number of aliphatic hydroxyl groups is 2. The van der Waals surface area contributed by atoms with Crippen LogP contribution >= 0.6 is 11.8 Å². The zero-order valence-corrected chi connectivity index (χ0v) is 10.2. The van der Waals surface area contributed by atoms with Crippen LogP contribution in [0.5, 0.6) is 0 Å². The summed E-state index contributed by atoms with van der Waals surface area (Å²) in [6, 6.07) is 0. The summed E-state index contributed by atoms with van der Waals surface area (Å²) in [5, 5.41) is 18.7. The third-order valence-corrected chi connectivity index (χ3v) is 4.14. The summed E-state index contributed by atoms with van der Waals surface area (Å²) >= 11 is 1.19. The van der Waals surface area contributed by atoms with Crippen molar-refractivity contribution >= 4 is 16.9 Å². The van der Waals surface area contributed by atoms with Gasteiger partial charge in [0.15, 0.2) is 0 Å². The summed E-state index contributed by atoms with van der Waals surface area (Å²) in [6.07, 6.45) is 1.42. The van der Waals surface area contributed by atoms with E-state index in [2.05, 4.69) is 0 Å². The fraction of sp³-hybridized carbons (Fsp3) is 0.727. The minimum Gasteiger partial charge on any atom is -0.510 e. The van der Waals surface area contributed by atoms with E-state index in [-0.39, 0.29) is 17.5 Å². The first kappa shape index (κ1) is 12.6. The quantitative estimate of drug-likeness (QED) is 0.777. The lowest BCUT2D eigenvalue weighted by Gasteiger charge is -2.25. The summed E-state index contributed by atoms with van der Waals surface area (Å²) in [5.41, 5.74) is 0.471. The molecule has 0 aromatic heterocycles. The van der Waals surface area contributed by atoms with E-state index >= 15 is 0 Å². The molecule has 1 aliphatic rings. The highest BCUT2D eigenvalue weighted by Gasteiger charge is 2.42. The van der Waals surface area contributed by atoms with E-state index in [4.69, 9.17) is 5.11 Å². The van der Waals surface area contributed by atoms with Crippen molar-refractivity contribution in [3.05, 3.63) is 11.3 Å². The number of thioether (sulfide) groups is 1. The third-order valence-electron chi connectivity index (χ3n) is 2.84. The molecule has 15 heavy (non-hydrogen) atoms. The lowest BCUT2D eigenvalue weighted by Crippen LogP contribution is -2.24. The number of carbonyl (C=O) groups excluding carboxylic acids is 1. The molecule has 0 aliphatic carbocycles. The van der Waals surface area contributed by atoms with Crippen LogP contribution in [0.4, 0.5) is 0 Å². The van der Waals surface area contributed by atoms with Gasteiger partial charge in [0.2, 0.25) is 5.12 Å². The molecular formula is C11H18O3S. The summed E-state index contributed by atoms with van der Waals surface area (Å²) in [6.45, 7) is 5.72. The van der Waals surface area contributed by atoms with Gasteiger partial charge in [-0.1, -0.05) is 18.7 Å². The zero-order valence-electron chi connectivity index (χ0n) is 9.41. The van der Waals surface area contributed by atoms with Crippen molar-refractivity contribution in [2.75, 3.05) is 6.61 Å². The van der Waals surface area contributed by atoms with Gasteiger partial charge < -0.3 is 10.2 Å². The first-order valence-corrected chi connectivity index (χ1v) is 5.97. The maximum atomic E-state index is 11.4. The van der Waals surface area contributed by atoms with Crippen LogP contribution in [0.2, 0.25) is 0 Å². The van der Waals surface area contributed by atoms with Gasteiger partial charge in [0, 0.05) is 12.2 Å². The van der Waals surface area contributed by atoms with Gasteiger partial charge in [0.1, 0.15) is 5.76 Å². The minimum absolute atomic E-state index is 0.0359. The Morgan fingerprint density at radius 1 is 1.53 bits per heavy atom. The van der Waals surface area contributed by atoms with Crippen molar-refractivity contribution in [2.24, 2.45) is 5.92 Å². The molecule has 1 aliphatic heterocycles. The smallest absolute Gasteiger partial charge is 0.219 e. The molecule has 0 aromatic carbocycles. The Kier molecular flexibility index (Phi) is 3.84. The van der Waals surface area contributed by atoms with Crippen LogP contribution in [0.1, 0.15) is 33.6 Å². The van der Waals surface area contributed by atoms with Gasteiger partial charge in [0.25, 0.3) is 0 Å². The fourth-order valence-electron chi connectivity index (χ4n) is 1.95. The molecule has 0 spiro atoms. The van der Waals surface area contributed by atoms with Crippen molar-refractivity contribution in [3.8, 4) is 0 Å². The van der Waals surface area contributed by atoms with Crippen LogP contribution in [-0.2, 0) is 4.79 Å². The largest absolute Gasteiger partial charge is 0.510 e. The summed E-state index contributed by atoms with van der Waals surface area (Å²) in [5.74, 6) is 0.510. The van der Waals surface area contributed by atoms with Crippen LogP contribution in [0.25, 0.3) is 0 Å². The highest BCUT2D eigenvalue weighted by atomic mass is 32.2. The molecular weight excluding hydrogens is 212 g/mol. The number of carbonyl (C=O) groups is 1. The molecule has 1 heterocycles. The molecule has 4 heteroatoms.